The van der Waals surface area contributed by atoms with Crippen LogP contribution in [0.3, 0.4) is 0 Å². The fraction of sp³-hybridized carbons (Fsp3) is 0.778. The molecule has 0 aromatic heterocycles. The fourth-order valence-corrected chi connectivity index (χ4v) is 1.31. The quantitative estimate of drug-likeness (QED) is 0.514. The first kappa shape index (κ1) is 13.9. The molecule has 15 heavy (non-hydrogen) atoms. The van der Waals surface area contributed by atoms with Gasteiger partial charge in [-0.1, -0.05) is 6.92 Å². The summed E-state index contributed by atoms with van der Waals surface area (Å²) < 4.78 is 0. The standard InChI is InChI=1S/C9H17NO5/c1-2-7(6-11)10(5-9(14)15)4-3-8(12)13/h7,11H,2-6H2,1H3,(H,12,13)(H,14,15). The zero-order valence-electron chi connectivity index (χ0n) is 8.72. The van der Waals surface area contributed by atoms with Gasteiger partial charge in [-0.15, -0.1) is 0 Å². The molecule has 6 nitrogen and oxygen atoms in total. The number of aliphatic hydroxyl groups excluding tert-OH is 1. The van der Waals surface area contributed by atoms with Crippen LogP contribution in [0.5, 0.6) is 0 Å². The lowest BCUT2D eigenvalue weighted by atomic mass is 10.2. The summed E-state index contributed by atoms with van der Waals surface area (Å²) >= 11 is 0. The molecule has 0 saturated heterocycles. The molecule has 1 unspecified atom stereocenters. The summed E-state index contributed by atoms with van der Waals surface area (Å²) in [4.78, 5) is 22.3. The Hall–Kier alpha value is -1.14. The van der Waals surface area contributed by atoms with E-state index in [1.807, 2.05) is 6.92 Å². The number of aliphatic hydroxyl groups is 1. The van der Waals surface area contributed by atoms with Crippen LogP contribution in [0.25, 0.3) is 0 Å². The molecule has 0 saturated carbocycles. The van der Waals surface area contributed by atoms with Crippen molar-refractivity contribution in [1.29, 1.82) is 0 Å². The van der Waals surface area contributed by atoms with Crippen LogP contribution >= 0.6 is 0 Å². The first-order valence-electron chi connectivity index (χ1n) is 4.79. The van der Waals surface area contributed by atoms with Crippen molar-refractivity contribution in [3.05, 3.63) is 0 Å². The van der Waals surface area contributed by atoms with Crippen molar-refractivity contribution in [3.8, 4) is 0 Å². The van der Waals surface area contributed by atoms with Gasteiger partial charge in [-0.2, -0.15) is 0 Å². The molecule has 6 heteroatoms. The Morgan fingerprint density at radius 1 is 1.27 bits per heavy atom. The number of carboxylic acid groups (broad SMARTS) is 2. The van der Waals surface area contributed by atoms with Crippen molar-refractivity contribution in [2.24, 2.45) is 0 Å². The van der Waals surface area contributed by atoms with Gasteiger partial charge in [0.2, 0.25) is 0 Å². The van der Waals surface area contributed by atoms with Gasteiger partial charge in [0.15, 0.2) is 0 Å². The van der Waals surface area contributed by atoms with Crippen molar-refractivity contribution < 1.29 is 24.9 Å². The van der Waals surface area contributed by atoms with E-state index in [9.17, 15) is 9.59 Å². The minimum Gasteiger partial charge on any atom is -0.481 e. The van der Waals surface area contributed by atoms with E-state index in [0.717, 1.165) is 0 Å². The lowest BCUT2D eigenvalue weighted by Crippen LogP contribution is -2.42. The zero-order chi connectivity index (χ0) is 11.8. The van der Waals surface area contributed by atoms with Crippen molar-refractivity contribution in [3.63, 3.8) is 0 Å². The van der Waals surface area contributed by atoms with Gasteiger partial charge in [0.1, 0.15) is 0 Å². The highest BCUT2D eigenvalue weighted by atomic mass is 16.4. The second-order valence-corrected chi connectivity index (χ2v) is 3.25. The normalized spacial score (nSPS) is 12.7. The van der Waals surface area contributed by atoms with Gasteiger partial charge in [0.05, 0.1) is 19.6 Å². The maximum absolute atomic E-state index is 10.5. The monoisotopic (exact) mass is 219 g/mol. The highest BCUT2D eigenvalue weighted by Crippen LogP contribution is 2.04. The first-order chi connectivity index (χ1) is 7.01. The molecule has 3 N–H and O–H groups in total. The van der Waals surface area contributed by atoms with Crippen molar-refractivity contribution in [2.75, 3.05) is 19.7 Å². The molecular formula is C9H17NO5. The third-order valence-electron chi connectivity index (χ3n) is 2.15. The van der Waals surface area contributed by atoms with E-state index < -0.39 is 11.9 Å². The van der Waals surface area contributed by atoms with Crippen molar-refractivity contribution in [1.82, 2.24) is 4.90 Å². The zero-order valence-corrected chi connectivity index (χ0v) is 8.72. The van der Waals surface area contributed by atoms with Crippen LogP contribution in [0, 0.1) is 0 Å². The minimum atomic E-state index is -1.02. The van der Waals surface area contributed by atoms with E-state index in [-0.39, 0.29) is 32.2 Å². The molecule has 0 aromatic rings. The molecule has 0 aliphatic rings. The summed E-state index contributed by atoms with van der Waals surface area (Å²) in [6.07, 6.45) is 0.465. The molecule has 0 radical (unpaired) electrons. The summed E-state index contributed by atoms with van der Waals surface area (Å²) in [5.74, 6) is -1.99. The number of hydrogen-bond donors (Lipinski definition) is 3. The van der Waals surface area contributed by atoms with Crippen LogP contribution < -0.4 is 0 Å². The molecule has 1 atom stereocenters. The van der Waals surface area contributed by atoms with Crippen molar-refractivity contribution in [2.45, 2.75) is 25.8 Å². The van der Waals surface area contributed by atoms with Gasteiger partial charge >= 0.3 is 11.9 Å². The Balaban J connectivity index is 4.27. The fourth-order valence-electron chi connectivity index (χ4n) is 1.31. The summed E-state index contributed by atoms with van der Waals surface area (Å²) in [6, 6.07) is -0.291. The van der Waals surface area contributed by atoms with E-state index >= 15 is 0 Å². The lowest BCUT2D eigenvalue weighted by Gasteiger charge is -2.27. The average Bonchev–Trinajstić information content (AvgIpc) is 2.14. The third-order valence-corrected chi connectivity index (χ3v) is 2.15. The van der Waals surface area contributed by atoms with Crippen LogP contribution in [-0.2, 0) is 9.59 Å². The molecule has 0 aliphatic heterocycles. The molecule has 0 heterocycles. The lowest BCUT2D eigenvalue weighted by molar-refractivity contribution is -0.142. The molecule has 0 fully saturated rings. The molecule has 0 amide bonds. The summed E-state index contributed by atoms with van der Waals surface area (Å²) in [7, 11) is 0. The SMILES string of the molecule is CCC(CO)N(CCC(=O)O)CC(=O)O. The van der Waals surface area contributed by atoms with E-state index in [4.69, 9.17) is 15.3 Å². The Morgan fingerprint density at radius 2 is 1.87 bits per heavy atom. The Labute approximate surface area is 88.1 Å². The Bertz CT molecular complexity index is 215. The topological polar surface area (TPSA) is 98.1 Å². The third kappa shape index (κ3) is 6.03. The molecule has 0 rings (SSSR count). The Kier molecular flexibility index (Phi) is 6.64. The highest BCUT2D eigenvalue weighted by Gasteiger charge is 2.19. The van der Waals surface area contributed by atoms with Crippen LogP contribution in [-0.4, -0.2) is 57.9 Å². The van der Waals surface area contributed by atoms with Crippen LogP contribution in [0.1, 0.15) is 19.8 Å². The first-order valence-corrected chi connectivity index (χ1v) is 4.79. The summed E-state index contributed by atoms with van der Waals surface area (Å²) in [6.45, 7) is 1.55. The maximum Gasteiger partial charge on any atom is 0.317 e. The largest absolute Gasteiger partial charge is 0.481 e. The van der Waals surface area contributed by atoms with Crippen LogP contribution in [0.2, 0.25) is 0 Å². The number of carboxylic acids is 2. The number of rotatable bonds is 8. The van der Waals surface area contributed by atoms with Crippen LogP contribution in [0.4, 0.5) is 0 Å². The number of nitrogens with zero attached hydrogens (tertiary/aromatic N) is 1. The van der Waals surface area contributed by atoms with E-state index in [0.29, 0.717) is 6.42 Å². The number of carbonyl (C=O) groups is 2. The van der Waals surface area contributed by atoms with Crippen molar-refractivity contribution >= 4 is 11.9 Å². The molecule has 0 spiro atoms. The van der Waals surface area contributed by atoms with Gasteiger partial charge in [-0.25, -0.2) is 0 Å². The Morgan fingerprint density at radius 3 is 2.20 bits per heavy atom. The molecule has 88 valence electrons. The summed E-state index contributed by atoms with van der Waals surface area (Å²) in [5, 5.41) is 26.1. The molecule has 0 bridgehead atoms. The minimum absolute atomic E-state index is 0.121. The van der Waals surface area contributed by atoms with E-state index in [2.05, 4.69) is 0 Å². The van der Waals surface area contributed by atoms with Gasteiger partial charge in [-0.05, 0) is 6.42 Å². The molecular weight excluding hydrogens is 202 g/mol. The number of aliphatic carboxylic acids is 2. The second-order valence-electron chi connectivity index (χ2n) is 3.25. The predicted molar refractivity (Wildman–Crippen MR) is 52.6 cm³/mol. The second kappa shape index (κ2) is 7.19. The van der Waals surface area contributed by atoms with Crippen LogP contribution in [0.15, 0.2) is 0 Å². The predicted octanol–water partition coefficient (Wildman–Crippen LogP) is -0.381. The molecule has 0 aliphatic carbocycles. The van der Waals surface area contributed by atoms with E-state index in [1.54, 1.807) is 0 Å². The molecule has 0 aromatic carbocycles. The number of hydrogen-bond acceptors (Lipinski definition) is 4. The summed E-state index contributed by atoms with van der Waals surface area (Å²) in [5.41, 5.74) is 0. The van der Waals surface area contributed by atoms with E-state index in [1.165, 1.54) is 4.90 Å². The maximum atomic E-state index is 10.5. The van der Waals surface area contributed by atoms with Gasteiger partial charge in [0.25, 0.3) is 0 Å². The average molecular weight is 219 g/mol. The van der Waals surface area contributed by atoms with Gasteiger partial charge < -0.3 is 15.3 Å². The van der Waals surface area contributed by atoms with Gasteiger partial charge in [-0.3, -0.25) is 14.5 Å². The smallest absolute Gasteiger partial charge is 0.317 e. The highest BCUT2D eigenvalue weighted by molar-refractivity contribution is 5.69. The van der Waals surface area contributed by atoms with Gasteiger partial charge in [0, 0.05) is 12.6 Å².